The van der Waals surface area contributed by atoms with Crippen LogP contribution in [0.5, 0.6) is 0 Å². The molecule has 0 rings (SSSR count). The minimum atomic E-state index is -1.47. The van der Waals surface area contributed by atoms with Crippen LogP contribution in [0.2, 0.25) is 0 Å². The molecule has 4 unspecified atom stereocenters. The molecule has 0 aliphatic rings. The fraction of sp³-hybridized carbons (Fsp3) is 0.778. The van der Waals surface area contributed by atoms with E-state index in [1.54, 1.807) is 0 Å². The fourth-order valence-electron chi connectivity index (χ4n) is 2.58. The maximum Gasteiger partial charge on any atom is 0.326 e. The molecule has 0 aromatic rings. The Morgan fingerprint density at radius 3 is 1.70 bits per heavy atom. The van der Waals surface area contributed by atoms with Crippen LogP contribution in [0.3, 0.4) is 0 Å². The monoisotopic (exact) mass is 433 g/mol. The molecule has 12 nitrogen and oxygen atoms in total. The maximum atomic E-state index is 12.3. The van der Waals surface area contributed by atoms with Crippen LogP contribution in [0.1, 0.15) is 39.5 Å². The second kappa shape index (κ2) is 14.7. The van der Waals surface area contributed by atoms with Crippen molar-refractivity contribution < 1.29 is 34.5 Å². The van der Waals surface area contributed by atoms with Crippen LogP contribution in [0.15, 0.2) is 0 Å². The molecule has 3 amide bonds. The number of nitrogens with one attached hydrogen (secondary N) is 3. The molecular formula is C18H35N5O7. The van der Waals surface area contributed by atoms with Gasteiger partial charge in [-0.15, -0.1) is 0 Å². The van der Waals surface area contributed by atoms with Gasteiger partial charge in [0.15, 0.2) is 0 Å². The van der Waals surface area contributed by atoms with Gasteiger partial charge in [0, 0.05) is 0 Å². The first-order valence-corrected chi connectivity index (χ1v) is 9.88. The van der Waals surface area contributed by atoms with Crippen LogP contribution in [0.25, 0.3) is 0 Å². The van der Waals surface area contributed by atoms with Gasteiger partial charge in [0.2, 0.25) is 17.7 Å². The van der Waals surface area contributed by atoms with Gasteiger partial charge in [-0.25, -0.2) is 4.79 Å². The molecule has 10 N–H and O–H groups in total. The Kier molecular flexibility index (Phi) is 13.5. The lowest BCUT2D eigenvalue weighted by atomic mass is 10.0. The molecule has 0 aliphatic carbocycles. The second-order valence-electron chi connectivity index (χ2n) is 7.41. The standard InChI is InChI=1S/C18H35N5O7/c1-10(2)7-11(20)15(26)22-13(8-24)17(28)23-14(9-25)16(27)21-12(18(29)30)5-3-4-6-19/h10-14,24-25H,3-9,19-20H2,1-2H3,(H,21,27)(H,22,26)(H,23,28)(H,29,30). The average molecular weight is 434 g/mol. The van der Waals surface area contributed by atoms with Crippen LogP contribution >= 0.6 is 0 Å². The number of carbonyl (C=O) groups is 4. The van der Waals surface area contributed by atoms with Crippen molar-refractivity contribution in [3.05, 3.63) is 0 Å². The maximum absolute atomic E-state index is 12.3. The normalized spacial score (nSPS) is 15.0. The molecule has 0 saturated heterocycles. The molecule has 0 aliphatic heterocycles. The van der Waals surface area contributed by atoms with Crippen molar-refractivity contribution in [1.82, 2.24) is 16.0 Å². The fourth-order valence-corrected chi connectivity index (χ4v) is 2.58. The van der Waals surface area contributed by atoms with Gasteiger partial charge in [-0.05, 0) is 38.1 Å². The van der Waals surface area contributed by atoms with Crippen molar-refractivity contribution in [3.8, 4) is 0 Å². The lowest BCUT2D eigenvalue weighted by Gasteiger charge is -2.23. The molecule has 30 heavy (non-hydrogen) atoms. The molecule has 0 spiro atoms. The summed E-state index contributed by atoms with van der Waals surface area (Å²) in [7, 11) is 0. The average Bonchev–Trinajstić information content (AvgIpc) is 2.68. The van der Waals surface area contributed by atoms with Gasteiger partial charge < -0.3 is 42.7 Å². The van der Waals surface area contributed by atoms with Crippen LogP contribution in [0.4, 0.5) is 0 Å². The van der Waals surface area contributed by atoms with Crippen molar-refractivity contribution in [2.75, 3.05) is 19.8 Å². The van der Waals surface area contributed by atoms with Crippen molar-refractivity contribution >= 4 is 23.7 Å². The van der Waals surface area contributed by atoms with E-state index >= 15 is 0 Å². The van der Waals surface area contributed by atoms with Crippen LogP contribution in [-0.4, -0.2) is 82.9 Å². The number of amides is 3. The van der Waals surface area contributed by atoms with Crippen molar-refractivity contribution in [3.63, 3.8) is 0 Å². The highest BCUT2D eigenvalue weighted by atomic mass is 16.4. The Morgan fingerprint density at radius 1 is 0.833 bits per heavy atom. The van der Waals surface area contributed by atoms with Crippen LogP contribution in [-0.2, 0) is 19.2 Å². The Balaban J connectivity index is 4.92. The number of aliphatic carboxylic acids is 1. The van der Waals surface area contributed by atoms with Gasteiger partial charge >= 0.3 is 5.97 Å². The first kappa shape index (κ1) is 27.7. The SMILES string of the molecule is CC(C)CC(N)C(=O)NC(CO)C(=O)NC(CO)C(=O)NC(CCCCN)C(=O)O. The molecular weight excluding hydrogens is 398 g/mol. The molecule has 0 heterocycles. The molecule has 0 radical (unpaired) electrons. The molecule has 4 atom stereocenters. The molecule has 0 bridgehead atoms. The highest BCUT2D eigenvalue weighted by Gasteiger charge is 2.29. The first-order valence-electron chi connectivity index (χ1n) is 9.88. The lowest BCUT2D eigenvalue weighted by molar-refractivity contribution is -0.142. The third-order valence-corrected chi connectivity index (χ3v) is 4.25. The van der Waals surface area contributed by atoms with E-state index in [1.165, 1.54) is 0 Å². The van der Waals surface area contributed by atoms with Gasteiger partial charge in [-0.1, -0.05) is 13.8 Å². The van der Waals surface area contributed by atoms with Crippen molar-refractivity contribution in [2.45, 2.75) is 63.7 Å². The number of unbranched alkanes of at least 4 members (excludes halogenated alkanes) is 1. The third kappa shape index (κ3) is 10.5. The van der Waals surface area contributed by atoms with Gasteiger partial charge in [-0.2, -0.15) is 0 Å². The Bertz CT molecular complexity index is 573. The van der Waals surface area contributed by atoms with E-state index in [-0.39, 0.29) is 12.3 Å². The summed E-state index contributed by atoms with van der Waals surface area (Å²) in [4.78, 5) is 47.9. The summed E-state index contributed by atoms with van der Waals surface area (Å²) in [5.41, 5.74) is 11.1. The van der Waals surface area contributed by atoms with Gasteiger partial charge in [-0.3, -0.25) is 14.4 Å². The van der Waals surface area contributed by atoms with E-state index in [2.05, 4.69) is 16.0 Å². The van der Waals surface area contributed by atoms with Crippen LogP contribution in [0, 0.1) is 5.92 Å². The summed E-state index contributed by atoms with van der Waals surface area (Å²) in [6, 6.07) is -4.95. The van der Waals surface area contributed by atoms with Crippen molar-refractivity contribution in [2.24, 2.45) is 17.4 Å². The molecule has 0 aromatic carbocycles. The van der Waals surface area contributed by atoms with E-state index in [0.29, 0.717) is 25.8 Å². The quantitative estimate of drug-likeness (QED) is 0.123. The summed E-state index contributed by atoms with van der Waals surface area (Å²) in [5.74, 6) is -3.60. The molecule has 0 aromatic heterocycles. The van der Waals surface area contributed by atoms with E-state index in [0.717, 1.165) is 0 Å². The van der Waals surface area contributed by atoms with Crippen molar-refractivity contribution in [1.29, 1.82) is 0 Å². The largest absolute Gasteiger partial charge is 0.480 e. The number of hydrogen-bond acceptors (Lipinski definition) is 8. The first-order chi connectivity index (χ1) is 14.1. The Morgan fingerprint density at radius 2 is 1.30 bits per heavy atom. The lowest BCUT2D eigenvalue weighted by Crippen LogP contribution is -2.59. The summed E-state index contributed by atoms with van der Waals surface area (Å²) in [5, 5.41) is 34.8. The number of aliphatic hydroxyl groups excluding tert-OH is 2. The summed E-state index contributed by atoms with van der Waals surface area (Å²) < 4.78 is 0. The van der Waals surface area contributed by atoms with E-state index in [1.807, 2.05) is 13.8 Å². The number of hydrogen-bond donors (Lipinski definition) is 8. The highest BCUT2D eigenvalue weighted by molar-refractivity contribution is 5.94. The van der Waals surface area contributed by atoms with Gasteiger partial charge in [0.1, 0.15) is 18.1 Å². The second-order valence-corrected chi connectivity index (χ2v) is 7.41. The number of nitrogens with two attached hydrogens (primary N) is 2. The minimum Gasteiger partial charge on any atom is -0.480 e. The van der Waals surface area contributed by atoms with E-state index < -0.39 is 61.1 Å². The summed E-state index contributed by atoms with van der Waals surface area (Å²) >= 11 is 0. The van der Waals surface area contributed by atoms with Crippen LogP contribution < -0.4 is 27.4 Å². The topological polar surface area (TPSA) is 217 Å². The summed E-state index contributed by atoms with van der Waals surface area (Å²) in [6.45, 7) is 2.54. The number of carboxylic acids is 1. The Labute approximate surface area is 175 Å². The minimum absolute atomic E-state index is 0.132. The predicted molar refractivity (Wildman–Crippen MR) is 108 cm³/mol. The zero-order valence-corrected chi connectivity index (χ0v) is 17.5. The van der Waals surface area contributed by atoms with E-state index in [4.69, 9.17) is 11.5 Å². The molecule has 0 saturated carbocycles. The predicted octanol–water partition coefficient (Wildman–Crippen LogP) is -2.99. The zero-order valence-electron chi connectivity index (χ0n) is 17.5. The highest BCUT2D eigenvalue weighted by Crippen LogP contribution is 2.04. The third-order valence-electron chi connectivity index (χ3n) is 4.25. The zero-order chi connectivity index (χ0) is 23.3. The number of rotatable bonds is 15. The number of aliphatic hydroxyl groups is 2. The molecule has 174 valence electrons. The smallest absolute Gasteiger partial charge is 0.326 e. The Hall–Kier alpha value is -2.28. The number of carbonyl (C=O) groups excluding carboxylic acids is 3. The number of carboxylic acid groups (broad SMARTS) is 1. The molecule has 12 heteroatoms. The summed E-state index contributed by atoms with van der Waals surface area (Å²) in [6.07, 6.45) is 1.55. The molecule has 0 fully saturated rings. The van der Waals surface area contributed by atoms with E-state index in [9.17, 15) is 34.5 Å². The van der Waals surface area contributed by atoms with Gasteiger partial charge in [0.25, 0.3) is 0 Å². The van der Waals surface area contributed by atoms with Gasteiger partial charge in [0.05, 0.1) is 19.3 Å².